The Balaban J connectivity index is 1.18. The first-order valence-electron chi connectivity index (χ1n) is 14.8. The molecule has 3 amide bonds. The van der Waals surface area contributed by atoms with Gasteiger partial charge in [-0.3, -0.25) is 14.4 Å². The molecule has 3 fully saturated rings. The Labute approximate surface area is 249 Å². The number of thioether (sulfide) groups is 1. The smallest absolute Gasteiger partial charge is 0.246 e. The molecule has 220 valence electrons. The number of likely N-dealkylation sites (tertiary alicyclic amines) is 1. The van der Waals surface area contributed by atoms with Gasteiger partial charge in [0.25, 0.3) is 0 Å². The number of ether oxygens (including phenoxy) is 3. The summed E-state index contributed by atoms with van der Waals surface area (Å²) < 4.78 is 18.6. The molecule has 1 saturated carbocycles. The van der Waals surface area contributed by atoms with E-state index in [-0.39, 0.29) is 36.9 Å². The van der Waals surface area contributed by atoms with Gasteiger partial charge >= 0.3 is 0 Å². The third-order valence-electron chi connectivity index (χ3n) is 9.18. The van der Waals surface area contributed by atoms with Crippen LogP contribution in [0.15, 0.2) is 65.6 Å². The first-order chi connectivity index (χ1) is 20.5. The number of rotatable bonds is 7. The molecule has 4 unspecified atom stereocenters. The molecule has 4 heterocycles. The average Bonchev–Trinajstić information content (AvgIpc) is 3.65. The van der Waals surface area contributed by atoms with Crippen molar-refractivity contribution in [2.75, 3.05) is 24.7 Å². The number of benzene rings is 2. The monoisotopic (exact) mass is 589 g/mol. The first kappa shape index (κ1) is 27.3. The van der Waals surface area contributed by atoms with Crippen molar-refractivity contribution in [1.29, 1.82) is 0 Å². The highest BCUT2D eigenvalue weighted by Crippen LogP contribution is 2.55. The second-order valence-electron chi connectivity index (χ2n) is 11.8. The number of carbonyl (C=O) groups excluding carboxylic acids is 3. The highest BCUT2D eigenvalue weighted by Gasteiger charge is 2.73. The van der Waals surface area contributed by atoms with Crippen molar-refractivity contribution in [3.63, 3.8) is 0 Å². The van der Waals surface area contributed by atoms with Crippen LogP contribution in [0.5, 0.6) is 11.5 Å². The molecule has 7 rings (SSSR count). The second-order valence-corrected chi connectivity index (χ2v) is 12.6. The number of hydrogen-bond acceptors (Lipinski definition) is 7. The van der Waals surface area contributed by atoms with E-state index < -0.39 is 35.7 Å². The Bertz CT molecular complexity index is 1430. The van der Waals surface area contributed by atoms with Crippen LogP contribution >= 0.6 is 11.8 Å². The van der Waals surface area contributed by atoms with E-state index in [0.717, 1.165) is 37.0 Å². The Morgan fingerprint density at radius 3 is 2.67 bits per heavy atom. The summed E-state index contributed by atoms with van der Waals surface area (Å²) in [6.45, 7) is 0.380. The first-order valence-corrected chi connectivity index (χ1v) is 16.0. The van der Waals surface area contributed by atoms with Crippen LogP contribution in [0.25, 0.3) is 0 Å². The molecule has 42 heavy (non-hydrogen) atoms. The zero-order chi connectivity index (χ0) is 28.8. The lowest BCUT2D eigenvalue weighted by molar-refractivity contribution is -0.143. The number of anilines is 1. The van der Waals surface area contributed by atoms with E-state index in [9.17, 15) is 14.4 Å². The van der Waals surface area contributed by atoms with Gasteiger partial charge in [0, 0.05) is 16.6 Å². The fourth-order valence-corrected chi connectivity index (χ4v) is 7.75. The van der Waals surface area contributed by atoms with Gasteiger partial charge in [-0.15, -0.1) is 11.8 Å². The fourth-order valence-electron chi connectivity index (χ4n) is 7.29. The maximum Gasteiger partial charge on any atom is 0.246 e. The van der Waals surface area contributed by atoms with Crippen molar-refractivity contribution in [2.45, 2.75) is 66.9 Å². The Morgan fingerprint density at radius 1 is 1.05 bits per heavy atom. The van der Waals surface area contributed by atoms with E-state index in [1.165, 1.54) is 0 Å². The minimum absolute atomic E-state index is 0.0604. The van der Waals surface area contributed by atoms with Crippen LogP contribution in [0.3, 0.4) is 0 Å². The highest BCUT2D eigenvalue weighted by molar-refractivity contribution is 7.98. The van der Waals surface area contributed by atoms with Crippen molar-refractivity contribution in [3.8, 4) is 11.5 Å². The van der Waals surface area contributed by atoms with Crippen LogP contribution < -0.4 is 20.1 Å². The molecule has 0 radical (unpaired) electrons. The molecule has 4 aliphatic heterocycles. The van der Waals surface area contributed by atoms with Gasteiger partial charge in [0.05, 0.1) is 24.5 Å². The molecule has 2 saturated heterocycles. The number of para-hydroxylation sites is 2. The van der Waals surface area contributed by atoms with E-state index >= 15 is 0 Å². The lowest BCUT2D eigenvalue weighted by Gasteiger charge is -2.36. The molecule has 2 aromatic carbocycles. The van der Waals surface area contributed by atoms with E-state index in [2.05, 4.69) is 10.6 Å². The molecule has 2 aromatic rings. The molecule has 1 spiro atoms. The average molecular weight is 590 g/mol. The molecule has 0 aromatic heterocycles. The van der Waals surface area contributed by atoms with Gasteiger partial charge < -0.3 is 29.7 Å². The molecule has 2 bridgehead atoms. The molecular weight excluding hydrogens is 554 g/mol. The maximum absolute atomic E-state index is 14.3. The van der Waals surface area contributed by atoms with Gasteiger partial charge in [0.2, 0.25) is 17.7 Å². The number of fused-ring (bicyclic) bond motifs is 2. The predicted molar refractivity (Wildman–Crippen MR) is 157 cm³/mol. The molecule has 5 aliphatic rings. The van der Waals surface area contributed by atoms with Gasteiger partial charge in [-0.1, -0.05) is 49.6 Å². The van der Waals surface area contributed by atoms with Gasteiger partial charge in [-0.2, -0.15) is 0 Å². The van der Waals surface area contributed by atoms with E-state index in [1.807, 2.05) is 66.9 Å². The third-order valence-corrected chi connectivity index (χ3v) is 9.91. The van der Waals surface area contributed by atoms with Crippen molar-refractivity contribution >= 4 is 35.2 Å². The highest BCUT2D eigenvalue weighted by atomic mass is 32.2. The normalized spacial score (nSPS) is 31.2. The summed E-state index contributed by atoms with van der Waals surface area (Å²) in [7, 11) is 0. The van der Waals surface area contributed by atoms with Gasteiger partial charge in [-0.25, -0.2) is 0 Å². The van der Waals surface area contributed by atoms with Gasteiger partial charge in [-0.05, 0) is 49.4 Å². The van der Waals surface area contributed by atoms with E-state index in [1.54, 1.807) is 16.7 Å². The van der Waals surface area contributed by atoms with Crippen molar-refractivity contribution in [1.82, 2.24) is 10.2 Å². The minimum Gasteiger partial charge on any atom is -0.486 e. The number of nitrogens with zero attached hydrogens (tertiary/aromatic N) is 1. The lowest BCUT2D eigenvalue weighted by atomic mass is 9.74. The molecule has 9 nitrogen and oxygen atoms in total. The van der Waals surface area contributed by atoms with Gasteiger partial charge in [0.1, 0.15) is 18.2 Å². The minimum atomic E-state index is -1.23. The Hall–Kier alpha value is -3.50. The van der Waals surface area contributed by atoms with Crippen molar-refractivity contribution < 1.29 is 28.6 Å². The number of hydrogen-bond donors (Lipinski definition) is 2. The number of carbonyl (C=O) groups is 3. The zero-order valence-corrected chi connectivity index (χ0v) is 24.3. The Kier molecular flexibility index (Phi) is 7.14. The van der Waals surface area contributed by atoms with Gasteiger partial charge in [0.15, 0.2) is 17.6 Å². The van der Waals surface area contributed by atoms with Crippen LogP contribution in [0.4, 0.5) is 5.69 Å². The molecular formula is C32H35N3O6S. The maximum atomic E-state index is 14.3. The zero-order valence-electron chi connectivity index (χ0n) is 23.5. The number of nitrogens with one attached hydrogen (secondary N) is 2. The quantitative estimate of drug-likeness (QED) is 0.374. The topological polar surface area (TPSA) is 106 Å². The third kappa shape index (κ3) is 4.65. The molecule has 10 heteroatoms. The van der Waals surface area contributed by atoms with Crippen LogP contribution in [-0.2, 0) is 19.1 Å². The largest absolute Gasteiger partial charge is 0.486 e. The Morgan fingerprint density at radius 2 is 1.86 bits per heavy atom. The van der Waals surface area contributed by atoms with Crippen LogP contribution in [0, 0.1) is 11.8 Å². The number of amides is 3. The summed E-state index contributed by atoms with van der Waals surface area (Å²) in [5, 5.41) is 6.24. The summed E-state index contributed by atoms with van der Waals surface area (Å²) in [5.41, 5.74) is -0.565. The summed E-state index contributed by atoms with van der Waals surface area (Å²) in [6, 6.07) is 14.1. The van der Waals surface area contributed by atoms with Crippen LogP contribution in [0.1, 0.15) is 32.1 Å². The SMILES string of the molecule is CSc1cccc(NC(=O)C2[C@H]3C=CC4(O3)C(C(=O)NC3CCCCC3)N(CC3COc5ccccc5O3)C(=O)[C@@H]24)c1. The molecule has 6 atom stereocenters. The second kappa shape index (κ2) is 11.0. The van der Waals surface area contributed by atoms with Crippen molar-refractivity contribution in [3.05, 3.63) is 60.7 Å². The summed E-state index contributed by atoms with van der Waals surface area (Å²) in [6.07, 6.45) is 9.72. The van der Waals surface area contributed by atoms with E-state index in [0.29, 0.717) is 17.2 Å². The van der Waals surface area contributed by atoms with Crippen molar-refractivity contribution in [2.24, 2.45) is 11.8 Å². The standard InChI is InChI=1S/C32H35N3O6S/c1-42-22-11-7-10-20(16-22)34-29(36)26-25-14-15-32(41-25)27(26)31(38)35(28(32)30(37)33-19-8-3-2-4-9-19)17-21-18-39-23-12-5-6-13-24(23)40-21/h5-7,10-16,19,21,25-28H,2-4,8-9,17-18H2,1H3,(H,33,37)(H,34,36)/t21?,25-,26?,27-,28?,32?/m1/s1. The van der Waals surface area contributed by atoms with Crippen LogP contribution in [-0.4, -0.2) is 71.9 Å². The molecule has 1 aliphatic carbocycles. The predicted octanol–water partition coefficient (Wildman–Crippen LogP) is 3.79. The summed E-state index contributed by atoms with van der Waals surface area (Å²) in [5.74, 6) is -1.14. The molecule has 2 N–H and O–H groups in total. The van der Waals surface area contributed by atoms with Crippen LogP contribution in [0.2, 0.25) is 0 Å². The summed E-state index contributed by atoms with van der Waals surface area (Å²) >= 11 is 1.58. The van der Waals surface area contributed by atoms with E-state index in [4.69, 9.17) is 14.2 Å². The lowest BCUT2D eigenvalue weighted by Crippen LogP contribution is -2.58. The summed E-state index contributed by atoms with van der Waals surface area (Å²) in [4.78, 5) is 44.8. The fraction of sp³-hybridized carbons (Fsp3) is 0.469.